The molecule has 0 aliphatic carbocycles. The van der Waals surface area contributed by atoms with Gasteiger partial charge in [0, 0.05) is 15.2 Å². The molecule has 0 atom stereocenters. The quantitative estimate of drug-likeness (QED) is 0.871. The zero-order valence-corrected chi connectivity index (χ0v) is 12.8. The molecular formula is C15H13BrClNO. The first-order chi connectivity index (χ1) is 9.04. The summed E-state index contributed by atoms with van der Waals surface area (Å²) in [6.45, 7) is 1.96. The smallest absolute Gasteiger partial charge is 0.228 e. The lowest BCUT2D eigenvalue weighted by atomic mass is 10.1. The van der Waals surface area contributed by atoms with Crippen LogP contribution in [0, 0.1) is 6.92 Å². The number of benzene rings is 2. The van der Waals surface area contributed by atoms with E-state index in [-0.39, 0.29) is 5.91 Å². The average molecular weight is 339 g/mol. The number of amides is 1. The molecule has 0 fully saturated rings. The third-order valence-electron chi connectivity index (χ3n) is 2.72. The van der Waals surface area contributed by atoms with Gasteiger partial charge in [0.25, 0.3) is 0 Å². The maximum absolute atomic E-state index is 12.0. The second-order valence-corrected chi connectivity index (χ2v) is 5.67. The number of carbonyl (C=O) groups excluding carboxylic acids is 1. The fraction of sp³-hybridized carbons (Fsp3) is 0.133. The second-order valence-electron chi connectivity index (χ2n) is 4.31. The molecule has 4 heteroatoms. The van der Waals surface area contributed by atoms with Crippen molar-refractivity contribution in [3.8, 4) is 0 Å². The molecule has 2 nitrogen and oxygen atoms in total. The summed E-state index contributed by atoms with van der Waals surface area (Å²) in [5, 5.41) is 3.55. The highest BCUT2D eigenvalue weighted by atomic mass is 79.9. The van der Waals surface area contributed by atoms with Gasteiger partial charge in [-0.15, -0.1) is 0 Å². The lowest BCUT2D eigenvalue weighted by molar-refractivity contribution is -0.115. The zero-order valence-electron chi connectivity index (χ0n) is 10.4. The van der Waals surface area contributed by atoms with Gasteiger partial charge in [-0.1, -0.05) is 39.7 Å². The number of rotatable bonds is 3. The van der Waals surface area contributed by atoms with E-state index in [2.05, 4.69) is 21.2 Å². The highest BCUT2D eigenvalue weighted by Crippen LogP contribution is 2.20. The lowest BCUT2D eigenvalue weighted by Gasteiger charge is -2.09. The number of hydrogen-bond acceptors (Lipinski definition) is 1. The summed E-state index contributed by atoms with van der Waals surface area (Å²) in [6.07, 6.45) is 0.316. The van der Waals surface area contributed by atoms with Crippen LogP contribution in [0.25, 0.3) is 0 Å². The van der Waals surface area contributed by atoms with Crippen LogP contribution in [-0.4, -0.2) is 5.91 Å². The highest BCUT2D eigenvalue weighted by Gasteiger charge is 2.06. The monoisotopic (exact) mass is 337 g/mol. The largest absolute Gasteiger partial charge is 0.326 e. The van der Waals surface area contributed by atoms with Gasteiger partial charge >= 0.3 is 0 Å². The normalized spacial score (nSPS) is 10.3. The number of halogens is 2. The minimum absolute atomic E-state index is 0.0484. The van der Waals surface area contributed by atoms with Crippen LogP contribution in [0.3, 0.4) is 0 Å². The van der Waals surface area contributed by atoms with Crippen molar-refractivity contribution in [3.05, 3.63) is 63.1 Å². The Balaban J connectivity index is 2.05. The summed E-state index contributed by atoms with van der Waals surface area (Å²) in [7, 11) is 0. The molecule has 0 bridgehead atoms. The molecule has 1 amide bonds. The van der Waals surface area contributed by atoms with Crippen molar-refractivity contribution in [1.29, 1.82) is 0 Å². The Kier molecular flexibility index (Phi) is 4.61. The number of aryl methyl sites for hydroxylation is 1. The Morgan fingerprint density at radius 1 is 1.26 bits per heavy atom. The molecule has 0 aliphatic heterocycles. The molecule has 1 N–H and O–H groups in total. The minimum atomic E-state index is -0.0484. The molecule has 0 aliphatic rings. The Labute approximate surface area is 125 Å². The van der Waals surface area contributed by atoms with Crippen LogP contribution in [0.15, 0.2) is 46.9 Å². The lowest BCUT2D eigenvalue weighted by Crippen LogP contribution is -2.15. The Morgan fingerprint density at radius 3 is 2.74 bits per heavy atom. The Hall–Kier alpha value is -1.32. The van der Waals surface area contributed by atoms with E-state index in [0.29, 0.717) is 11.4 Å². The van der Waals surface area contributed by atoms with Gasteiger partial charge in [-0.2, -0.15) is 0 Å². The van der Waals surface area contributed by atoms with Crippen LogP contribution >= 0.6 is 27.5 Å². The van der Waals surface area contributed by atoms with Gasteiger partial charge in [0.2, 0.25) is 5.91 Å². The fourth-order valence-corrected chi connectivity index (χ4v) is 2.48. The average Bonchev–Trinajstić information content (AvgIpc) is 2.33. The van der Waals surface area contributed by atoms with E-state index in [1.54, 1.807) is 12.1 Å². The van der Waals surface area contributed by atoms with Crippen LogP contribution in [0.4, 0.5) is 5.69 Å². The van der Waals surface area contributed by atoms with Gasteiger partial charge in [-0.3, -0.25) is 4.79 Å². The Bertz CT molecular complexity index is 613. The fourth-order valence-electron chi connectivity index (χ4n) is 1.79. The number of anilines is 1. The van der Waals surface area contributed by atoms with E-state index >= 15 is 0 Å². The molecule has 0 heterocycles. The van der Waals surface area contributed by atoms with Crippen molar-refractivity contribution < 1.29 is 4.79 Å². The third-order valence-corrected chi connectivity index (χ3v) is 3.44. The molecule has 0 saturated heterocycles. The summed E-state index contributed by atoms with van der Waals surface area (Å²) in [4.78, 5) is 12.0. The summed E-state index contributed by atoms with van der Waals surface area (Å²) in [5.74, 6) is -0.0484. The van der Waals surface area contributed by atoms with E-state index < -0.39 is 0 Å². The van der Waals surface area contributed by atoms with Gasteiger partial charge in [-0.25, -0.2) is 0 Å². The van der Waals surface area contributed by atoms with Crippen molar-refractivity contribution in [2.75, 3.05) is 5.32 Å². The van der Waals surface area contributed by atoms with Crippen molar-refractivity contribution >= 4 is 39.1 Å². The molecular weight excluding hydrogens is 326 g/mol. The molecule has 0 unspecified atom stereocenters. The predicted octanol–water partition coefficient (Wildman–Crippen LogP) is 4.59. The van der Waals surface area contributed by atoms with E-state index in [4.69, 9.17) is 11.6 Å². The molecule has 0 spiro atoms. The van der Waals surface area contributed by atoms with Gasteiger partial charge in [0.1, 0.15) is 0 Å². The van der Waals surface area contributed by atoms with Crippen LogP contribution < -0.4 is 5.32 Å². The first-order valence-corrected chi connectivity index (χ1v) is 7.02. The molecule has 19 heavy (non-hydrogen) atoms. The van der Waals surface area contributed by atoms with Crippen LogP contribution in [0.2, 0.25) is 5.02 Å². The number of hydrogen-bond donors (Lipinski definition) is 1. The van der Waals surface area contributed by atoms with Crippen LogP contribution in [0.1, 0.15) is 11.1 Å². The van der Waals surface area contributed by atoms with E-state index in [0.717, 1.165) is 21.3 Å². The van der Waals surface area contributed by atoms with Gasteiger partial charge in [0.05, 0.1) is 6.42 Å². The highest BCUT2D eigenvalue weighted by molar-refractivity contribution is 9.10. The molecule has 0 saturated carbocycles. The number of carbonyl (C=O) groups is 1. The molecule has 0 aromatic heterocycles. The van der Waals surface area contributed by atoms with E-state index in [1.165, 1.54) is 0 Å². The van der Waals surface area contributed by atoms with Crippen molar-refractivity contribution in [3.63, 3.8) is 0 Å². The maximum atomic E-state index is 12.0. The van der Waals surface area contributed by atoms with Crippen LogP contribution in [-0.2, 0) is 11.2 Å². The topological polar surface area (TPSA) is 29.1 Å². The third kappa shape index (κ3) is 4.08. The first-order valence-electron chi connectivity index (χ1n) is 5.85. The molecule has 2 aromatic rings. The molecule has 98 valence electrons. The number of nitrogens with one attached hydrogen (secondary N) is 1. The summed E-state index contributed by atoms with van der Waals surface area (Å²) < 4.78 is 0.998. The molecule has 2 aromatic carbocycles. The Morgan fingerprint density at radius 2 is 2.05 bits per heavy atom. The van der Waals surface area contributed by atoms with Crippen molar-refractivity contribution in [1.82, 2.24) is 0 Å². The zero-order chi connectivity index (χ0) is 13.8. The predicted molar refractivity (Wildman–Crippen MR) is 82.7 cm³/mol. The summed E-state index contributed by atoms with van der Waals surface area (Å²) in [6, 6.07) is 13.1. The van der Waals surface area contributed by atoms with Crippen LogP contribution in [0.5, 0.6) is 0 Å². The SMILES string of the molecule is Cc1cc(Br)ccc1NC(=O)Cc1cccc(Cl)c1. The molecule has 2 rings (SSSR count). The first kappa shape index (κ1) is 14.1. The van der Waals surface area contributed by atoms with Gasteiger partial charge in [-0.05, 0) is 48.4 Å². The second kappa shape index (κ2) is 6.22. The van der Waals surface area contributed by atoms with Crippen molar-refractivity contribution in [2.24, 2.45) is 0 Å². The standard InChI is InChI=1S/C15H13BrClNO/c1-10-7-12(16)5-6-14(10)18-15(19)9-11-3-2-4-13(17)8-11/h2-8H,9H2,1H3,(H,18,19). The maximum Gasteiger partial charge on any atom is 0.228 e. The summed E-state index contributed by atoms with van der Waals surface area (Å²) in [5.41, 5.74) is 2.75. The van der Waals surface area contributed by atoms with Gasteiger partial charge < -0.3 is 5.32 Å². The van der Waals surface area contributed by atoms with E-state index in [1.807, 2.05) is 37.3 Å². The van der Waals surface area contributed by atoms with E-state index in [9.17, 15) is 4.79 Å². The molecule has 0 radical (unpaired) electrons. The minimum Gasteiger partial charge on any atom is -0.326 e. The van der Waals surface area contributed by atoms with Crippen molar-refractivity contribution in [2.45, 2.75) is 13.3 Å². The van der Waals surface area contributed by atoms with Gasteiger partial charge in [0.15, 0.2) is 0 Å². The summed E-state index contributed by atoms with van der Waals surface area (Å²) >= 11 is 9.29.